The highest BCUT2D eigenvalue weighted by Gasteiger charge is 2.50. The fourth-order valence-electron chi connectivity index (χ4n) is 3.97. The summed E-state index contributed by atoms with van der Waals surface area (Å²) in [5, 5.41) is 0. The van der Waals surface area contributed by atoms with E-state index in [0.29, 0.717) is 13.0 Å². The number of hydrogen-bond acceptors (Lipinski definition) is 2. The first kappa shape index (κ1) is 14.5. The molecule has 0 bridgehead atoms. The number of benzene rings is 2. The standard InChI is InChI=1S/C20H21NO2/c1-2-20-13-17-11-7-6-10-16(17)12-19(22)21(20)18(14-23-20)15-8-4-3-5-9-15/h3-11,18H,2,12-14H2,1H3/t18-,20+/m0/s1. The van der Waals surface area contributed by atoms with Crippen molar-refractivity contribution in [1.29, 1.82) is 0 Å². The van der Waals surface area contributed by atoms with Crippen LogP contribution in [0.4, 0.5) is 0 Å². The summed E-state index contributed by atoms with van der Waals surface area (Å²) in [5.74, 6) is 0.170. The largest absolute Gasteiger partial charge is 0.353 e. The third-order valence-corrected chi connectivity index (χ3v) is 5.19. The molecular weight excluding hydrogens is 286 g/mol. The monoisotopic (exact) mass is 307 g/mol. The lowest BCUT2D eigenvalue weighted by Gasteiger charge is -2.37. The van der Waals surface area contributed by atoms with Gasteiger partial charge in [0, 0.05) is 6.42 Å². The van der Waals surface area contributed by atoms with Gasteiger partial charge in [0.1, 0.15) is 5.72 Å². The molecule has 2 atom stereocenters. The van der Waals surface area contributed by atoms with Crippen molar-refractivity contribution in [2.45, 2.75) is 38.0 Å². The van der Waals surface area contributed by atoms with Gasteiger partial charge < -0.3 is 9.64 Å². The highest BCUT2D eigenvalue weighted by Crippen LogP contribution is 2.43. The maximum atomic E-state index is 13.1. The zero-order chi connectivity index (χ0) is 15.9. The zero-order valence-corrected chi connectivity index (χ0v) is 13.4. The predicted molar refractivity (Wildman–Crippen MR) is 88.9 cm³/mol. The van der Waals surface area contributed by atoms with E-state index in [2.05, 4.69) is 31.2 Å². The number of amides is 1. The molecule has 2 aliphatic rings. The summed E-state index contributed by atoms with van der Waals surface area (Å²) in [7, 11) is 0. The van der Waals surface area contributed by atoms with E-state index < -0.39 is 5.72 Å². The number of carbonyl (C=O) groups is 1. The van der Waals surface area contributed by atoms with Crippen LogP contribution in [0.15, 0.2) is 54.6 Å². The molecule has 0 radical (unpaired) electrons. The average Bonchev–Trinajstić information content (AvgIpc) is 2.91. The summed E-state index contributed by atoms with van der Waals surface area (Å²) in [6.45, 7) is 2.69. The van der Waals surface area contributed by atoms with Gasteiger partial charge in [0.15, 0.2) is 0 Å². The van der Waals surface area contributed by atoms with E-state index in [9.17, 15) is 4.79 Å². The van der Waals surface area contributed by atoms with Gasteiger partial charge in [-0.05, 0) is 23.1 Å². The first-order valence-corrected chi connectivity index (χ1v) is 8.31. The van der Waals surface area contributed by atoms with Gasteiger partial charge in [0.05, 0.1) is 19.1 Å². The molecule has 2 aliphatic heterocycles. The van der Waals surface area contributed by atoms with Crippen LogP contribution in [0, 0.1) is 0 Å². The van der Waals surface area contributed by atoms with Crippen LogP contribution in [0.2, 0.25) is 0 Å². The van der Waals surface area contributed by atoms with Crippen molar-refractivity contribution in [1.82, 2.24) is 4.90 Å². The Kier molecular flexibility index (Phi) is 3.46. The molecule has 0 spiro atoms. The smallest absolute Gasteiger partial charge is 0.229 e. The maximum absolute atomic E-state index is 13.1. The number of fused-ring (bicyclic) bond motifs is 2. The molecule has 3 heteroatoms. The van der Waals surface area contributed by atoms with Crippen LogP contribution in [-0.2, 0) is 22.4 Å². The van der Waals surface area contributed by atoms with Crippen molar-refractivity contribution in [3.63, 3.8) is 0 Å². The van der Waals surface area contributed by atoms with Crippen LogP contribution in [-0.4, -0.2) is 23.1 Å². The normalized spacial score (nSPS) is 26.6. The average molecular weight is 307 g/mol. The molecule has 2 aromatic rings. The Balaban J connectivity index is 1.79. The fraction of sp³-hybridized carbons (Fsp3) is 0.350. The van der Waals surface area contributed by atoms with Crippen LogP contribution >= 0.6 is 0 Å². The van der Waals surface area contributed by atoms with E-state index in [-0.39, 0.29) is 11.9 Å². The Hall–Kier alpha value is -2.13. The second-order valence-corrected chi connectivity index (χ2v) is 6.42. The van der Waals surface area contributed by atoms with Crippen LogP contribution in [0.25, 0.3) is 0 Å². The molecule has 1 fully saturated rings. The second-order valence-electron chi connectivity index (χ2n) is 6.42. The van der Waals surface area contributed by atoms with Gasteiger partial charge in [0.25, 0.3) is 0 Å². The van der Waals surface area contributed by atoms with Gasteiger partial charge >= 0.3 is 0 Å². The second kappa shape index (κ2) is 5.50. The molecule has 2 heterocycles. The SMILES string of the molecule is CC[C@@]12Cc3ccccc3CC(=O)N1[C@H](c1ccccc1)CO2. The van der Waals surface area contributed by atoms with Crippen molar-refractivity contribution in [2.24, 2.45) is 0 Å². The number of ether oxygens (including phenoxy) is 1. The molecule has 0 aromatic heterocycles. The van der Waals surface area contributed by atoms with E-state index in [4.69, 9.17) is 4.74 Å². The molecule has 1 amide bonds. The van der Waals surface area contributed by atoms with Crippen molar-refractivity contribution in [3.05, 3.63) is 71.3 Å². The Morgan fingerprint density at radius 3 is 2.52 bits per heavy atom. The molecule has 3 nitrogen and oxygen atoms in total. The summed E-state index contributed by atoms with van der Waals surface area (Å²) in [5.41, 5.74) is 3.01. The van der Waals surface area contributed by atoms with Crippen molar-refractivity contribution in [2.75, 3.05) is 6.61 Å². The van der Waals surface area contributed by atoms with Gasteiger partial charge in [-0.3, -0.25) is 4.79 Å². The predicted octanol–water partition coefficient (Wildman–Crippen LogP) is 3.49. The lowest BCUT2D eigenvalue weighted by Crippen LogP contribution is -2.49. The van der Waals surface area contributed by atoms with Gasteiger partial charge in [-0.25, -0.2) is 0 Å². The highest BCUT2D eigenvalue weighted by atomic mass is 16.5. The Morgan fingerprint density at radius 2 is 1.78 bits per heavy atom. The van der Waals surface area contributed by atoms with Crippen LogP contribution in [0.3, 0.4) is 0 Å². The lowest BCUT2D eigenvalue weighted by molar-refractivity contribution is -0.150. The van der Waals surface area contributed by atoms with Crippen molar-refractivity contribution < 1.29 is 9.53 Å². The lowest BCUT2D eigenvalue weighted by atomic mass is 9.96. The maximum Gasteiger partial charge on any atom is 0.229 e. The highest BCUT2D eigenvalue weighted by molar-refractivity contribution is 5.81. The summed E-state index contributed by atoms with van der Waals surface area (Å²) >= 11 is 0. The molecule has 4 rings (SSSR count). The van der Waals surface area contributed by atoms with Crippen LogP contribution in [0.1, 0.15) is 36.1 Å². The molecular formula is C20H21NO2. The molecule has 2 aromatic carbocycles. The summed E-state index contributed by atoms with van der Waals surface area (Å²) in [6.07, 6.45) is 2.04. The Morgan fingerprint density at radius 1 is 1.09 bits per heavy atom. The number of hydrogen-bond donors (Lipinski definition) is 0. The summed E-state index contributed by atoms with van der Waals surface area (Å²) in [4.78, 5) is 15.1. The van der Waals surface area contributed by atoms with Crippen molar-refractivity contribution in [3.8, 4) is 0 Å². The molecule has 23 heavy (non-hydrogen) atoms. The number of rotatable bonds is 2. The Labute approximate surface area is 136 Å². The van der Waals surface area contributed by atoms with Crippen LogP contribution in [0.5, 0.6) is 0 Å². The third-order valence-electron chi connectivity index (χ3n) is 5.19. The Bertz CT molecular complexity index is 727. The van der Waals surface area contributed by atoms with Gasteiger partial charge in [0.2, 0.25) is 5.91 Å². The minimum absolute atomic E-state index is 0.0120. The van der Waals surface area contributed by atoms with E-state index in [0.717, 1.165) is 24.0 Å². The van der Waals surface area contributed by atoms with Crippen molar-refractivity contribution >= 4 is 5.91 Å². The molecule has 118 valence electrons. The quantitative estimate of drug-likeness (QED) is 0.850. The first-order chi connectivity index (χ1) is 11.2. The molecule has 0 unspecified atom stereocenters. The number of carbonyl (C=O) groups excluding carboxylic acids is 1. The summed E-state index contributed by atoms with van der Waals surface area (Å²) in [6, 6.07) is 18.5. The molecule has 1 saturated heterocycles. The zero-order valence-electron chi connectivity index (χ0n) is 13.4. The van der Waals surface area contributed by atoms with E-state index in [1.165, 1.54) is 5.56 Å². The minimum Gasteiger partial charge on any atom is -0.353 e. The van der Waals surface area contributed by atoms with E-state index in [1.54, 1.807) is 0 Å². The van der Waals surface area contributed by atoms with Gasteiger partial charge in [-0.15, -0.1) is 0 Å². The topological polar surface area (TPSA) is 29.5 Å². The van der Waals surface area contributed by atoms with Crippen LogP contribution < -0.4 is 0 Å². The van der Waals surface area contributed by atoms with E-state index >= 15 is 0 Å². The molecule has 0 aliphatic carbocycles. The van der Waals surface area contributed by atoms with Gasteiger partial charge in [-0.2, -0.15) is 0 Å². The fourth-order valence-corrected chi connectivity index (χ4v) is 3.97. The molecule has 0 saturated carbocycles. The van der Waals surface area contributed by atoms with E-state index in [1.807, 2.05) is 35.2 Å². The minimum atomic E-state index is -0.510. The first-order valence-electron chi connectivity index (χ1n) is 8.31. The number of nitrogens with zero attached hydrogens (tertiary/aromatic N) is 1. The van der Waals surface area contributed by atoms with Gasteiger partial charge in [-0.1, -0.05) is 61.5 Å². The molecule has 0 N–H and O–H groups in total. The third kappa shape index (κ3) is 2.27. The summed E-state index contributed by atoms with van der Waals surface area (Å²) < 4.78 is 6.27.